The lowest BCUT2D eigenvalue weighted by Crippen LogP contribution is -2.29. The summed E-state index contributed by atoms with van der Waals surface area (Å²) in [5.41, 5.74) is 0.412. The minimum atomic E-state index is -0.941. The number of nitrogens with one attached hydrogen (secondary N) is 1. The van der Waals surface area contributed by atoms with Crippen LogP contribution in [0.25, 0.3) is 10.8 Å². The van der Waals surface area contributed by atoms with Gasteiger partial charge in [0.05, 0.1) is 11.7 Å². The van der Waals surface area contributed by atoms with Gasteiger partial charge in [0.1, 0.15) is 11.6 Å². The normalized spacial score (nSPS) is 12.1. The van der Waals surface area contributed by atoms with Gasteiger partial charge in [0.25, 0.3) is 5.91 Å². The summed E-state index contributed by atoms with van der Waals surface area (Å²) in [5.74, 6) is -2.39. The van der Waals surface area contributed by atoms with Gasteiger partial charge in [-0.3, -0.25) is 4.79 Å². The monoisotopic (exact) mass is 327 g/mol. The highest BCUT2D eigenvalue weighted by molar-refractivity contribution is 5.94. The zero-order chi connectivity index (χ0) is 17.1. The largest absolute Gasteiger partial charge is 0.387 e. The molecule has 1 amide bonds. The van der Waals surface area contributed by atoms with Gasteiger partial charge in [-0.2, -0.15) is 0 Å². The van der Waals surface area contributed by atoms with Gasteiger partial charge in [-0.05, 0) is 28.5 Å². The molecule has 3 aromatic carbocycles. The number of amides is 1. The van der Waals surface area contributed by atoms with Gasteiger partial charge in [0.15, 0.2) is 0 Å². The van der Waals surface area contributed by atoms with E-state index in [1.165, 1.54) is 0 Å². The van der Waals surface area contributed by atoms with Crippen molar-refractivity contribution in [3.05, 3.63) is 83.4 Å². The van der Waals surface area contributed by atoms with E-state index >= 15 is 0 Å². The average molecular weight is 327 g/mol. The number of rotatable bonds is 4. The SMILES string of the molecule is O=C(NC[C@@H](O)c1cccc2ccccc12)c1ccc(F)cc1F. The van der Waals surface area contributed by atoms with E-state index in [0.29, 0.717) is 11.6 Å². The van der Waals surface area contributed by atoms with Gasteiger partial charge in [-0.1, -0.05) is 42.5 Å². The molecular weight excluding hydrogens is 312 g/mol. The summed E-state index contributed by atoms with van der Waals surface area (Å²) >= 11 is 0. The Bertz CT molecular complexity index is 890. The molecule has 24 heavy (non-hydrogen) atoms. The van der Waals surface area contributed by atoms with Crippen LogP contribution in [0.5, 0.6) is 0 Å². The van der Waals surface area contributed by atoms with E-state index in [0.717, 1.165) is 22.9 Å². The molecule has 3 aromatic rings. The highest BCUT2D eigenvalue weighted by atomic mass is 19.1. The van der Waals surface area contributed by atoms with E-state index in [-0.39, 0.29) is 12.1 Å². The number of carbonyl (C=O) groups excluding carboxylic acids is 1. The molecule has 1 atom stereocenters. The van der Waals surface area contributed by atoms with Crippen LogP contribution in [0.15, 0.2) is 60.7 Å². The van der Waals surface area contributed by atoms with E-state index < -0.39 is 23.6 Å². The van der Waals surface area contributed by atoms with Crippen molar-refractivity contribution >= 4 is 16.7 Å². The first-order valence-corrected chi connectivity index (χ1v) is 7.45. The van der Waals surface area contributed by atoms with Crippen molar-refractivity contribution in [3.8, 4) is 0 Å². The first-order valence-electron chi connectivity index (χ1n) is 7.45. The first-order chi connectivity index (χ1) is 11.6. The Morgan fingerprint density at radius 1 is 1.04 bits per heavy atom. The summed E-state index contributed by atoms with van der Waals surface area (Å²) < 4.78 is 26.5. The predicted molar refractivity (Wildman–Crippen MR) is 87.6 cm³/mol. The highest BCUT2D eigenvalue weighted by Crippen LogP contribution is 2.24. The maximum absolute atomic E-state index is 13.6. The number of benzene rings is 3. The number of hydrogen-bond acceptors (Lipinski definition) is 2. The Morgan fingerprint density at radius 2 is 1.79 bits per heavy atom. The molecule has 0 saturated heterocycles. The molecule has 3 rings (SSSR count). The molecule has 0 aliphatic heterocycles. The Kier molecular flexibility index (Phi) is 4.53. The second kappa shape index (κ2) is 6.76. The fourth-order valence-corrected chi connectivity index (χ4v) is 2.61. The van der Waals surface area contributed by atoms with Gasteiger partial charge in [0.2, 0.25) is 0 Å². The zero-order valence-corrected chi connectivity index (χ0v) is 12.7. The third-order valence-corrected chi connectivity index (χ3v) is 3.81. The van der Waals surface area contributed by atoms with Crippen molar-refractivity contribution in [3.63, 3.8) is 0 Å². The van der Waals surface area contributed by atoms with Gasteiger partial charge in [-0.25, -0.2) is 8.78 Å². The smallest absolute Gasteiger partial charge is 0.254 e. The van der Waals surface area contributed by atoms with Crippen LogP contribution < -0.4 is 5.32 Å². The lowest BCUT2D eigenvalue weighted by Gasteiger charge is -2.15. The second-order valence-corrected chi connectivity index (χ2v) is 5.42. The zero-order valence-electron chi connectivity index (χ0n) is 12.7. The average Bonchev–Trinajstić information content (AvgIpc) is 2.59. The van der Waals surface area contributed by atoms with Crippen molar-refractivity contribution in [2.45, 2.75) is 6.10 Å². The third-order valence-electron chi connectivity index (χ3n) is 3.81. The lowest BCUT2D eigenvalue weighted by molar-refractivity contribution is 0.0913. The van der Waals surface area contributed by atoms with E-state index in [4.69, 9.17) is 0 Å². The van der Waals surface area contributed by atoms with Crippen LogP contribution in [0.2, 0.25) is 0 Å². The maximum atomic E-state index is 13.6. The Morgan fingerprint density at radius 3 is 2.58 bits per heavy atom. The van der Waals surface area contributed by atoms with Crippen molar-refractivity contribution in [2.75, 3.05) is 6.54 Å². The molecule has 0 spiro atoms. The van der Waals surface area contributed by atoms with Gasteiger partial charge >= 0.3 is 0 Å². The molecule has 0 aromatic heterocycles. The molecule has 0 aliphatic carbocycles. The van der Waals surface area contributed by atoms with Crippen molar-refractivity contribution in [1.29, 1.82) is 0 Å². The standard InChI is InChI=1S/C19H15F2NO2/c20-13-8-9-16(17(21)10-13)19(24)22-11-18(23)15-7-3-5-12-4-1-2-6-14(12)15/h1-10,18,23H,11H2,(H,22,24)/t18-/m1/s1. The minimum absolute atomic E-state index is 0.0797. The summed E-state index contributed by atoms with van der Waals surface area (Å²) in [6.45, 7) is -0.0797. The highest BCUT2D eigenvalue weighted by Gasteiger charge is 2.16. The van der Waals surface area contributed by atoms with Crippen LogP contribution >= 0.6 is 0 Å². The summed E-state index contributed by atoms with van der Waals surface area (Å²) in [6.07, 6.45) is -0.941. The topological polar surface area (TPSA) is 49.3 Å². The molecule has 2 N–H and O–H groups in total. The minimum Gasteiger partial charge on any atom is -0.387 e. The van der Waals surface area contributed by atoms with Crippen LogP contribution in [0.1, 0.15) is 22.0 Å². The Hall–Kier alpha value is -2.79. The van der Waals surface area contributed by atoms with E-state index in [9.17, 15) is 18.7 Å². The Labute approximate surface area is 137 Å². The summed E-state index contributed by atoms with van der Waals surface area (Å²) in [4.78, 5) is 12.0. The second-order valence-electron chi connectivity index (χ2n) is 5.42. The maximum Gasteiger partial charge on any atom is 0.254 e. The molecule has 0 bridgehead atoms. The fourth-order valence-electron chi connectivity index (χ4n) is 2.61. The molecule has 0 unspecified atom stereocenters. The molecule has 3 nitrogen and oxygen atoms in total. The van der Waals surface area contributed by atoms with E-state index in [2.05, 4.69) is 5.32 Å². The number of aliphatic hydroxyl groups is 1. The Balaban J connectivity index is 1.75. The van der Waals surface area contributed by atoms with Crippen LogP contribution in [-0.2, 0) is 0 Å². The van der Waals surface area contributed by atoms with Gasteiger partial charge < -0.3 is 10.4 Å². The summed E-state index contributed by atoms with van der Waals surface area (Å²) in [6, 6.07) is 15.8. The first kappa shape index (κ1) is 16.1. The molecule has 122 valence electrons. The molecule has 5 heteroatoms. The van der Waals surface area contributed by atoms with Crippen molar-refractivity contribution < 1.29 is 18.7 Å². The van der Waals surface area contributed by atoms with Gasteiger partial charge in [-0.15, -0.1) is 0 Å². The van der Waals surface area contributed by atoms with Crippen LogP contribution in [0.4, 0.5) is 8.78 Å². The molecule has 0 aliphatic rings. The molecule has 0 saturated carbocycles. The lowest BCUT2D eigenvalue weighted by atomic mass is 10.0. The molecule has 0 heterocycles. The quantitative estimate of drug-likeness (QED) is 0.769. The fraction of sp³-hybridized carbons (Fsp3) is 0.105. The predicted octanol–water partition coefficient (Wildman–Crippen LogP) is 3.58. The number of aliphatic hydroxyl groups excluding tert-OH is 1. The van der Waals surface area contributed by atoms with Crippen LogP contribution in [0.3, 0.4) is 0 Å². The third kappa shape index (κ3) is 3.26. The van der Waals surface area contributed by atoms with Crippen LogP contribution in [0, 0.1) is 11.6 Å². The summed E-state index contributed by atoms with van der Waals surface area (Å²) in [5, 5.41) is 14.7. The van der Waals surface area contributed by atoms with Gasteiger partial charge in [0, 0.05) is 12.6 Å². The molecule has 0 fully saturated rings. The molecular formula is C19H15F2NO2. The van der Waals surface area contributed by atoms with E-state index in [1.807, 2.05) is 36.4 Å². The van der Waals surface area contributed by atoms with E-state index in [1.54, 1.807) is 6.07 Å². The van der Waals surface area contributed by atoms with Crippen molar-refractivity contribution in [2.24, 2.45) is 0 Å². The van der Waals surface area contributed by atoms with Crippen molar-refractivity contribution in [1.82, 2.24) is 5.32 Å². The number of carbonyl (C=O) groups is 1. The van der Waals surface area contributed by atoms with Crippen LogP contribution in [-0.4, -0.2) is 17.6 Å². The number of fused-ring (bicyclic) bond motifs is 1. The number of hydrogen-bond donors (Lipinski definition) is 2. The summed E-state index contributed by atoms with van der Waals surface area (Å²) in [7, 11) is 0. The number of halogens is 2. The molecule has 0 radical (unpaired) electrons.